The van der Waals surface area contributed by atoms with E-state index in [-0.39, 0.29) is 68.5 Å². The molecule has 6 aromatic rings. The molecule has 1 saturated carbocycles. The summed E-state index contributed by atoms with van der Waals surface area (Å²) in [5.74, 6) is -5.31. The summed E-state index contributed by atoms with van der Waals surface area (Å²) in [6.45, 7) is 15.3. The predicted molar refractivity (Wildman–Crippen MR) is 441 cm³/mol. The summed E-state index contributed by atoms with van der Waals surface area (Å²) in [7, 11) is 3.22. The van der Waals surface area contributed by atoms with Crippen molar-refractivity contribution in [1.29, 1.82) is 0 Å². The zero-order valence-electron chi connectivity index (χ0n) is 68.8. The van der Waals surface area contributed by atoms with Crippen LogP contribution in [0.5, 0.6) is 11.5 Å². The number of aryl methyl sites for hydroxylation is 2. The fraction of sp³-hybridized carbons (Fsp3) is 0.472. The number of aliphatic carboxylic acids is 1. The van der Waals surface area contributed by atoms with Gasteiger partial charge in [-0.3, -0.25) is 38.4 Å². The number of aliphatic hydroxyl groups excluding tert-OH is 2. The monoisotopic (exact) mass is 1600 g/mol. The summed E-state index contributed by atoms with van der Waals surface area (Å²) in [5.41, 5.74) is 3.32. The zero-order valence-corrected chi connectivity index (χ0v) is 68.8. The molecule has 0 bridgehead atoms. The van der Waals surface area contributed by atoms with Crippen LogP contribution in [0, 0.1) is 11.8 Å². The van der Waals surface area contributed by atoms with Crippen molar-refractivity contribution < 1.29 is 87.0 Å². The van der Waals surface area contributed by atoms with Gasteiger partial charge in [0.1, 0.15) is 40.9 Å². The van der Waals surface area contributed by atoms with Gasteiger partial charge in [-0.2, -0.15) is 0 Å². The largest absolute Gasteiger partial charge is 0.497 e. The van der Waals surface area contributed by atoms with Gasteiger partial charge in [-0.15, -0.1) is 0 Å². The highest BCUT2D eigenvalue weighted by Crippen LogP contribution is 2.28. The summed E-state index contributed by atoms with van der Waals surface area (Å²) < 4.78 is 21.2. The van der Waals surface area contributed by atoms with Crippen molar-refractivity contribution in [2.24, 2.45) is 11.8 Å². The third-order valence-corrected chi connectivity index (χ3v) is 18.8. The smallest absolute Gasteiger partial charge is 0.333 e. The van der Waals surface area contributed by atoms with E-state index in [1.54, 1.807) is 167 Å². The number of benzene rings is 6. The van der Waals surface area contributed by atoms with E-state index in [0.29, 0.717) is 42.7 Å². The van der Waals surface area contributed by atoms with Gasteiger partial charge in [-0.05, 0) is 163 Å². The molecule has 0 radical (unpaired) electrons. The molecule has 0 heterocycles. The molecule has 7 rings (SSSR count). The number of carboxylic acids is 1. The molecule has 0 aromatic heterocycles. The van der Waals surface area contributed by atoms with Crippen LogP contribution in [0.2, 0.25) is 0 Å². The van der Waals surface area contributed by atoms with Gasteiger partial charge in [0.15, 0.2) is 18.2 Å². The maximum absolute atomic E-state index is 13.7. The number of carbonyl (C=O) groups excluding carboxylic acids is 10. The van der Waals surface area contributed by atoms with Crippen molar-refractivity contribution >= 4 is 65.2 Å². The number of rotatable bonds is 41. The van der Waals surface area contributed by atoms with E-state index < -0.39 is 114 Å². The fourth-order valence-electron chi connectivity index (χ4n) is 12.7. The summed E-state index contributed by atoms with van der Waals surface area (Å²) in [4.78, 5) is 140. The van der Waals surface area contributed by atoms with Crippen LogP contribution in [0.25, 0.3) is 0 Å². The number of hydrogen-bond acceptors (Lipinski definition) is 18. The highest BCUT2D eigenvalue weighted by atomic mass is 16.6. The maximum Gasteiger partial charge on any atom is 0.333 e. The number of aliphatic hydroxyl groups is 2. The minimum Gasteiger partial charge on any atom is -0.497 e. The third kappa shape index (κ3) is 36.2. The second kappa shape index (κ2) is 50.3. The molecule has 0 saturated heterocycles. The molecule has 9 atom stereocenters. The lowest BCUT2D eigenvalue weighted by atomic mass is 9.83. The van der Waals surface area contributed by atoms with Crippen molar-refractivity contribution in [3.05, 3.63) is 203 Å². The number of carboxylic acid groups (broad SMARTS) is 1. The second-order valence-corrected chi connectivity index (χ2v) is 30.7. The third-order valence-electron chi connectivity index (χ3n) is 18.8. The van der Waals surface area contributed by atoms with Gasteiger partial charge in [0, 0.05) is 19.3 Å². The molecule has 12 N–H and O–H groups in total. The molecule has 1 aliphatic carbocycles. The summed E-state index contributed by atoms with van der Waals surface area (Å²) >= 11 is 0. The Balaban J connectivity index is 0.000000335. The number of hydrogen-bond donors (Lipinski definition) is 12. The molecular formula is C89H121N9O18. The lowest BCUT2D eigenvalue weighted by molar-refractivity contribution is -0.159. The normalized spacial score (nSPS) is 14.3. The second-order valence-electron chi connectivity index (χ2n) is 30.7. The first kappa shape index (κ1) is 95.6. The Morgan fingerprint density at radius 3 is 1.31 bits per heavy atom. The Morgan fingerprint density at radius 2 is 0.871 bits per heavy atom. The maximum atomic E-state index is 13.7. The summed E-state index contributed by atoms with van der Waals surface area (Å²) in [6.07, 6.45) is 7.49. The van der Waals surface area contributed by atoms with Crippen LogP contribution in [0.1, 0.15) is 178 Å². The van der Waals surface area contributed by atoms with Crippen LogP contribution in [0.3, 0.4) is 0 Å². The SMILES string of the molecule is CCCC(C)C(O)C(=O)NCC(=O)NC(C(=O)OC(C)(C)C)c1ccccc1.CCCC(NC(=O)C(Cc1ccccc1)NC(=O)CNC(=O)CCc1ccc(OC)cc1)C(O)C(=O)NCC(=O)NC(C(=O)OC(C)(C)C)c1ccccc1.COc1ccc(CCCNC(C(=O)NC(Cc2ccccc2)C(=O)O)C2CCCCC2)cc1. The van der Waals surface area contributed by atoms with Crippen molar-refractivity contribution in [3.63, 3.8) is 0 Å². The minimum absolute atomic E-state index is 0.0887. The van der Waals surface area contributed by atoms with Crippen LogP contribution >= 0.6 is 0 Å². The van der Waals surface area contributed by atoms with E-state index in [1.165, 1.54) is 12.0 Å². The molecule has 116 heavy (non-hydrogen) atoms. The molecule has 9 unspecified atom stereocenters. The van der Waals surface area contributed by atoms with Crippen LogP contribution in [0.4, 0.5) is 0 Å². The predicted octanol–water partition coefficient (Wildman–Crippen LogP) is 8.51. The van der Waals surface area contributed by atoms with Crippen molar-refractivity contribution in [1.82, 2.24) is 47.9 Å². The Bertz CT molecular complexity index is 4010. The van der Waals surface area contributed by atoms with Crippen LogP contribution in [-0.4, -0.2) is 168 Å². The number of methoxy groups -OCH3 is 2. The number of ether oxygens (including phenoxy) is 4. The van der Waals surface area contributed by atoms with Gasteiger partial charge >= 0.3 is 17.9 Å². The van der Waals surface area contributed by atoms with Crippen LogP contribution in [-0.2, 0) is 87.9 Å². The zero-order chi connectivity index (χ0) is 85.2. The first-order chi connectivity index (χ1) is 55.3. The lowest BCUT2D eigenvalue weighted by Gasteiger charge is -2.31. The fourth-order valence-corrected chi connectivity index (χ4v) is 12.7. The molecule has 0 aliphatic heterocycles. The van der Waals surface area contributed by atoms with Gasteiger partial charge in [0.25, 0.3) is 5.91 Å². The Labute approximate surface area is 682 Å². The molecule has 27 nitrogen and oxygen atoms in total. The first-order valence-corrected chi connectivity index (χ1v) is 39.8. The van der Waals surface area contributed by atoms with Crippen LogP contribution in [0.15, 0.2) is 170 Å². The van der Waals surface area contributed by atoms with E-state index in [1.807, 2.05) is 67.6 Å². The number of nitrogens with one attached hydrogen (secondary N) is 9. The molecule has 8 amide bonds. The van der Waals surface area contributed by atoms with E-state index in [2.05, 4.69) is 60.0 Å². The molecule has 630 valence electrons. The molecule has 6 aromatic carbocycles. The van der Waals surface area contributed by atoms with Gasteiger partial charge in [-0.25, -0.2) is 14.4 Å². The summed E-state index contributed by atoms with van der Waals surface area (Å²) in [5, 5.41) is 54.9. The Hall–Kier alpha value is -11.0. The Kier molecular flexibility index (Phi) is 41.5. The topological polar surface area (TPSA) is 394 Å². The van der Waals surface area contributed by atoms with E-state index in [0.717, 1.165) is 67.4 Å². The average molecular weight is 1600 g/mol. The quantitative estimate of drug-likeness (QED) is 0.0126. The number of amides is 8. The lowest BCUT2D eigenvalue weighted by Crippen LogP contribution is -2.57. The van der Waals surface area contributed by atoms with E-state index in [9.17, 15) is 68.1 Å². The molecule has 1 aliphatic rings. The Morgan fingerprint density at radius 1 is 0.448 bits per heavy atom. The number of carbonyl (C=O) groups is 11. The van der Waals surface area contributed by atoms with Crippen LogP contribution < -0.4 is 57.3 Å². The van der Waals surface area contributed by atoms with Gasteiger partial charge in [0.05, 0.1) is 45.9 Å². The average Bonchev–Trinajstić information content (AvgIpc) is 0.868. The molecular weight excluding hydrogens is 1480 g/mol. The van der Waals surface area contributed by atoms with E-state index >= 15 is 0 Å². The van der Waals surface area contributed by atoms with Gasteiger partial charge in [-0.1, -0.05) is 198 Å². The first-order valence-electron chi connectivity index (χ1n) is 39.8. The van der Waals surface area contributed by atoms with Gasteiger partial charge < -0.3 is 82.1 Å². The summed E-state index contributed by atoms with van der Waals surface area (Å²) in [6, 6.07) is 45.3. The minimum atomic E-state index is -1.76. The van der Waals surface area contributed by atoms with Gasteiger partial charge in [0.2, 0.25) is 41.4 Å². The molecule has 1 fully saturated rings. The highest BCUT2D eigenvalue weighted by Gasteiger charge is 2.36. The van der Waals surface area contributed by atoms with Crippen molar-refractivity contribution in [2.75, 3.05) is 40.4 Å². The highest BCUT2D eigenvalue weighted by molar-refractivity contribution is 5.93. The molecule has 0 spiro atoms. The molecule has 27 heteroatoms. The van der Waals surface area contributed by atoms with Crippen molar-refractivity contribution in [2.45, 2.75) is 218 Å². The van der Waals surface area contributed by atoms with Crippen molar-refractivity contribution in [3.8, 4) is 11.5 Å². The number of esters is 2. The standard InChI is InChI=1S/C41H53N5O9.C27H36N2O4.C21H32N2O5/c1-6-13-31(37(50)39(52)43-26-35(49)46-36(29-16-11-8-12-17-29)40(53)55-41(2,3)4)45-38(51)32(24-28-14-9-7-10-15-28)44-34(48)25-42-33(47)23-20-27-18-21-30(54-5)22-19-27;1-33-23-16-14-20(15-17-23)11-8-18-28-25(22-12-6-3-7-13-22)26(30)29-24(27(31)32)19-21-9-4-2-5-10-21;1-6-10-14(2)18(25)19(26)22-13-16(24)23-17(15-11-8-7-9-12-15)20(27)28-21(3,4)5/h7-12,14-19,21-22,31-32,36-37,50H,6,13,20,23-26H2,1-5H3,(H,42,47)(H,43,52)(H,44,48)(H,45,51)(H,46,49);2,4-5,9-10,14-17,22,24-25,28H,3,6-8,11-13,18-19H2,1H3,(H,29,30)(H,31,32);7-9,11-12,14,17-18,25H,6,10,13H2,1-5H3,(H,22,26)(H,23,24). The van der Waals surface area contributed by atoms with E-state index in [4.69, 9.17) is 18.9 Å².